The van der Waals surface area contributed by atoms with E-state index in [1.165, 1.54) is 18.0 Å². The van der Waals surface area contributed by atoms with E-state index in [1.54, 1.807) is 12.3 Å². The van der Waals surface area contributed by atoms with E-state index in [0.29, 0.717) is 22.2 Å². The van der Waals surface area contributed by atoms with Crippen molar-refractivity contribution in [1.82, 2.24) is 15.1 Å². The van der Waals surface area contributed by atoms with Crippen LogP contribution in [0.15, 0.2) is 52.1 Å². The van der Waals surface area contributed by atoms with E-state index in [1.807, 2.05) is 24.3 Å². The van der Waals surface area contributed by atoms with Crippen LogP contribution in [0.3, 0.4) is 0 Å². The molecular weight excluding hydrogens is 310 g/mol. The lowest BCUT2D eigenvalue weighted by Gasteiger charge is -2.00. The monoisotopic (exact) mass is 319 g/mol. The number of rotatable bonds is 4. The maximum Gasteiger partial charge on any atom is 0.261 e. The average Bonchev–Trinajstić information content (AvgIpc) is 2.96. The summed E-state index contributed by atoms with van der Waals surface area (Å²) < 4.78 is 5.15. The molecule has 106 valence electrons. The van der Waals surface area contributed by atoms with Crippen molar-refractivity contribution in [2.24, 2.45) is 0 Å². The molecule has 21 heavy (non-hydrogen) atoms. The lowest BCUT2D eigenvalue weighted by Crippen LogP contribution is -1.85. The highest BCUT2D eigenvalue weighted by atomic mass is 35.5. The normalized spacial score (nSPS) is 10.7. The molecule has 0 saturated heterocycles. The zero-order valence-corrected chi connectivity index (χ0v) is 12.3. The van der Waals surface area contributed by atoms with Crippen LogP contribution in [0, 0.1) is 0 Å². The fourth-order valence-corrected chi connectivity index (χ4v) is 2.78. The van der Waals surface area contributed by atoms with E-state index in [9.17, 15) is 5.11 Å². The Morgan fingerprint density at radius 3 is 2.90 bits per heavy atom. The number of nitrogens with zero attached hydrogens (tertiary/aromatic N) is 3. The predicted molar refractivity (Wildman–Crippen MR) is 80.2 cm³/mol. The number of pyridine rings is 1. The Morgan fingerprint density at radius 2 is 2.10 bits per heavy atom. The van der Waals surface area contributed by atoms with Crippen molar-refractivity contribution in [1.29, 1.82) is 0 Å². The summed E-state index contributed by atoms with van der Waals surface area (Å²) in [5.74, 6) is 1.33. The SMILES string of the molecule is Oc1cnccc1-c1nc(CSc2ccccc2Cl)no1. The third-order valence-electron chi connectivity index (χ3n) is 2.69. The summed E-state index contributed by atoms with van der Waals surface area (Å²) in [4.78, 5) is 9.02. The summed E-state index contributed by atoms with van der Waals surface area (Å²) in [5, 5.41) is 14.3. The smallest absolute Gasteiger partial charge is 0.261 e. The third-order valence-corrected chi connectivity index (χ3v) is 4.20. The van der Waals surface area contributed by atoms with Gasteiger partial charge in [-0.3, -0.25) is 4.98 Å². The number of aromatic hydroxyl groups is 1. The number of halogens is 1. The molecule has 0 aliphatic heterocycles. The number of benzene rings is 1. The molecular formula is C14H10ClN3O2S. The van der Waals surface area contributed by atoms with Gasteiger partial charge in [-0.25, -0.2) is 0 Å². The molecule has 0 bridgehead atoms. The first-order valence-electron chi connectivity index (χ1n) is 6.07. The van der Waals surface area contributed by atoms with Gasteiger partial charge in [0.05, 0.1) is 22.5 Å². The number of hydrogen-bond acceptors (Lipinski definition) is 6. The van der Waals surface area contributed by atoms with Crippen LogP contribution >= 0.6 is 23.4 Å². The summed E-state index contributed by atoms with van der Waals surface area (Å²) in [6.45, 7) is 0. The van der Waals surface area contributed by atoms with Gasteiger partial charge >= 0.3 is 0 Å². The Bertz CT molecular complexity index is 763. The highest BCUT2D eigenvalue weighted by Crippen LogP contribution is 2.30. The minimum atomic E-state index is 0.00598. The third kappa shape index (κ3) is 3.17. The molecule has 0 aliphatic carbocycles. The number of hydrogen-bond donors (Lipinski definition) is 1. The van der Waals surface area contributed by atoms with Crippen molar-refractivity contribution < 1.29 is 9.63 Å². The molecule has 1 aromatic carbocycles. The standard InChI is InChI=1S/C14H10ClN3O2S/c15-10-3-1-2-4-12(10)21-8-13-17-14(20-18-13)9-5-6-16-7-11(9)19/h1-7,19H,8H2. The zero-order chi connectivity index (χ0) is 14.7. The molecule has 0 radical (unpaired) electrons. The van der Waals surface area contributed by atoms with E-state index in [4.69, 9.17) is 16.1 Å². The molecule has 0 aliphatic rings. The molecule has 7 heteroatoms. The molecule has 0 saturated carbocycles. The second kappa shape index (κ2) is 6.15. The highest BCUT2D eigenvalue weighted by molar-refractivity contribution is 7.98. The molecule has 2 heterocycles. The average molecular weight is 320 g/mol. The van der Waals surface area contributed by atoms with Gasteiger partial charge in [0.2, 0.25) is 0 Å². The van der Waals surface area contributed by atoms with Crippen LogP contribution in [0.2, 0.25) is 5.02 Å². The van der Waals surface area contributed by atoms with E-state index in [2.05, 4.69) is 15.1 Å². The maximum absolute atomic E-state index is 9.70. The van der Waals surface area contributed by atoms with Gasteiger partial charge in [0, 0.05) is 11.1 Å². The Balaban J connectivity index is 1.74. The molecule has 0 spiro atoms. The summed E-state index contributed by atoms with van der Waals surface area (Å²) in [5.41, 5.74) is 0.464. The largest absolute Gasteiger partial charge is 0.505 e. The van der Waals surface area contributed by atoms with E-state index >= 15 is 0 Å². The quantitative estimate of drug-likeness (QED) is 0.738. The second-order valence-corrected chi connectivity index (χ2v) is 5.55. The van der Waals surface area contributed by atoms with Gasteiger partial charge in [-0.2, -0.15) is 4.98 Å². The van der Waals surface area contributed by atoms with Gasteiger partial charge in [0.15, 0.2) is 5.82 Å². The van der Waals surface area contributed by atoms with Crippen molar-refractivity contribution in [2.75, 3.05) is 0 Å². The van der Waals surface area contributed by atoms with Crippen LogP contribution in [-0.4, -0.2) is 20.2 Å². The Morgan fingerprint density at radius 1 is 1.24 bits per heavy atom. The van der Waals surface area contributed by atoms with Crippen LogP contribution in [0.5, 0.6) is 5.75 Å². The fourth-order valence-electron chi connectivity index (χ4n) is 1.69. The van der Waals surface area contributed by atoms with Gasteiger partial charge in [-0.1, -0.05) is 28.9 Å². The first kappa shape index (κ1) is 13.9. The molecule has 5 nitrogen and oxygen atoms in total. The molecule has 2 aromatic heterocycles. The van der Waals surface area contributed by atoms with Crippen LogP contribution < -0.4 is 0 Å². The number of thioether (sulfide) groups is 1. The summed E-state index contributed by atoms with van der Waals surface area (Å²) >= 11 is 7.61. The van der Waals surface area contributed by atoms with Crippen LogP contribution in [-0.2, 0) is 5.75 Å². The van der Waals surface area contributed by atoms with Gasteiger partial charge in [-0.05, 0) is 18.2 Å². The van der Waals surface area contributed by atoms with Gasteiger partial charge in [0.25, 0.3) is 5.89 Å². The molecule has 0 atom stereocenters. The molecule has 0 fully saturated rings. The Labute approximate surface area is 130 Å². The number of aromatic nitrogens is 3. The predicted octanol–water partition coefficient (Wildman–Crippen LogP) is 3.78. The first-order chi connectivity index (χ1) is 10.2. The molecule has 0 unspecified atom stereocenters. The van der Waals surface area contributed by atoms with Crippen molar-refractivity contribution in [3.05, 3.63) is 53.6 Å². The second-order valence-electron chi connectivity index (χ2n) is 4.13. The Kier molecular flexibility index (Phi) is 4.08. The van der Waals surface area contributed by atoms with Crippen LogP contribution in [0.1, 0.15) is 5.82 Å². The van der Waals surface area contributed by atoms with Crippen molar-refractivity contribution in [2.45, 2.75) is 10.6 Å². The van der Waals surface area contributed by atoms with Gasteiger partial charge in [0.1, 0.15) is 5.75 Å². The van der Waals surface area contributed by atoms with E-state index in [-0.39, 0.29) is 11.6 Å². The molecule has 3 aromatic rings. The lowest BCUT2D eigenvalue weighted by molar-refractivity contribution is 0.419. The molecule has 3 rings (SSSR count). The van der Waals surface area contributed by atoms with Gasteiger partial charge in [-0.15, -0.1) is 11.8 Å². The molecule has 0 amide bonds. The summed E-state index contributed by atoms with van der Waals surface area (Å²) in [6, 6.07) is 9.19. The fraction of sp³-hybridized carbons (Fsp3) is 0.0714. The minimum absolute atomic E-state index is 0.00598. The Hall–Kier alpha value is -2.05. The lowest BCUT2D eigenvalue weighted by atomic mass is 10.2. The summed E-state index contributed by atoms with van der Waals surface area (Å²) in [7, 11) is 0. The topological polar surface area (TPSA) is 72.0 Å². The van der Waals surface area contributed by atoms with E-state index < -0.39 is 0 Å². The van der Waals surface area contributed by atoms with Gasteiger partial charge < -0.3 is 9.63 Å². The minimum Gasteiger partial charge on any atom is -0.505 e. The van der Waals surface area contributed by atoms with Crippen LogP contribution in [0.25, 0.3) is 11.5 Å². The maximum atomic E-state index is 9.70. The van der Waals surface area contributed by atoms with Crippen molar-refractivity contribution >= 4 is 23.4 Å². The van der Waals surface area contributed by atoms with Crippen molar-refractivity contribution in [3.8, 4) is 17.2 Å². The zero-order valence-electron chi connectivity index (χ0n) is 10.7. The van der Waals surface area contributed by atoms with Crippen LogP contribution in [0.4, 0.5) is 0 Å². The van der Waals surface area contributed by atoms with Crippen molar-refractivity contribution in [3.63, 3.8) is 0 Å². The first-order valence-corrected chi connectivity index (χ1v) is 7.43. The van der Waals surface area contributed by atoms with E-state index in [0.717, 1.165) is 4.90 Å². The highest BCUT2D eigenvalue weighted by Gasteiger charge is 2.13. The summed E-state index contributed by atoms with van der Waals surface area (Å²) in [6.07, 6.45) is 2.88. The molecule has 1 N–H and O–H groups in total.